The number of aromatic nitrogens is 1. The lowest BCUT2D eigenvalue weighted by atomic mass is 10.1. The second-order valence-electron chi connectivity index (χ2n) is 5.35. The Balaban J connectivity index is 1.91. The van der Waals surface area contributed by atoms with Gasteiger partial charge in [-0.05, 0) is 43.8 Å². The molecular formula is C18H18N2OS2. The summed E-state index contributed by atoms with van der Waals surface area (Å²) in [5.41, 5.74) is 3.28. The van der Waals surface area contributed by atoms with Crippen LogP contribution in [0.3, 0.4) is 0 Å². The van der Waals surface area contributed by atoms with Crippen LogP contribution in [0.2, 0.25) is 0 Å². The van der Waals surface area contributed by atoms with Gasteiger partial charge in [-0.1, -0.05) is 23.8 Å². The van der Waals surface area contributed by atoms with E-state index < -0.39 is 0 Å². The molecule has 0 N–H and O–H groups in total. The van der Waals surface area contributed by atoms with E-state index in [4.69, 9.17) is 0 Å². The number of thiophene rings is 1. The van der Waals surface area contributed by atoms with Gasteiger partial charge in [-0.2, -0.15) is 0 Å². The Kier molecular flexibility index (Phi) is 4.59. The SMILES string of the molecule is CCN(C(=O)c1cnc(-c2cccs2)s1)c1ccc(C)cc1C. The number of hydrogen-bond acceptors (Lipinski definition) is 4. The van der Waals surface area contributed by atoms with Crippen molar-refractivity contribution in [3.05, 3.63) is 57.9 Å². The van der Waals surface area contributed by atoms with Crippen molar-refractivity contribution in [2.75, 3.05) is 11.4 Å². The fraction of sp³-hybridized carbons (Fsp3) is 0.222. The van der Waals surface area contributed by atoms with Crippen LogP contribution < -0.4 is 4.90 Å². The van der Waals surface area contributed by atoms with Gasteiger partial charge >= 0.3 is 0 Å². The van der Waals surface area contributed by atoms with Crippen LogP contribution in [0.15, 0.2) is 41.9 Å². The lowest BCUT2D eigenvalue weighted by Crippen LogP contribution is -2.30. The number of rotatable bonds is 4. The Labute approximate surface area is 144 Å². The van der Waals surface area contributed by atoms with Crippen LogP contribution in [0.1, 0.15) is 27.7 Å². The number of benzene rings is 1. The molecule has 0 aliphatic carbocycles. The van der Waals surface area contributed by atoms with E-state index in [9.17, 15) is 4.79 Å². The van der Waals surface area contributed by atoms with Crippen molar-refractivity contribution in [1.29, 1.82) is 0 Å². The van der Waals surface area contributed by atoms with Crippen LogP contribution in [0.5, 0.6) is 0 Å². The smallest absolute Gasteiger partial charge is 0.269 e. The summed E-state index contributed by atoms with van der Waals surface area (Å²) in [6.45, 7) is 6.74. The molecule has 1 aromatic carbocycles. The first-order valence-electron chi connectivity index (χ1n) is 7.49. The molecule has 0 atom stereocenters. The first-order valence-corrected chi connectivity index (χ1v) is 9.18. The normalized spacial score (nSPS) is 10.7. The highest BCUT2D eigenvalue weighted by Gasteiger charge is 2.20. The van der Waals surface area contributed by atoms with E-state index >= 15 is 0 Å². The van der Waals surface area contributed by atoms with Gasteiger partial charge in [-0.15, -0.1) is 22.7 Å². The van der Waals surface area contributed by atoms with Crippen molar-refractivity contribution in [2.24, 2.45) is 0 Å². The predicted molar refractivity (Wildman–Crippen MR) is 98.7 cm³/mol. The summed E-state index contributed by atoms with van der Waals surface area (Å²) < 4.78 is 0. The third kappa shape index (κ3) is 3.21. The van der Waals surface area contributed by atoms with Crippen LogP contribution in [-0.4, -0.2) is 17.4 Å². The first-order chi connectivity index (χ1) is 11.1. The number of thiazole rings is 1. The fourth-order valence-electron chi connectivity index (χ4n) is 2.55. The molecule has 0 aliphatic rings. The van der Waals surface area contributed by atoms with E-state index in [1.54, 1.807) is 17.5 Å². The molecule has 3 aromatic rings. The van der Waals surface area contributed by atoms with Crippen LogP contribution in [0.4, 0.5) is 5.69 Å². The minimum absolute atomic E-state index is 0.0137. The Morgan fingerprint density at radius 3 is 2.74 bits per heavy atom. The highest BCUT2D eigenvalue weighted by molar-refractivity contribution is 7.22. The number of anilines is 1. The molecule has 1 amide bonds. The van der Waals surface area contributed by atoms with E-state index in [-0.39, 0.29) is 5.91 Å². The molecule has 23 heavy (non-hydrogen) atoms. The molecule has 0 radical (unpaired) electrons. The van der Waals surface area contributed by atoms with Gasteiger partial charge in [0, 0.05) is 12.2 Å². The second kappa shape index (κ2) is 6.64. The third-order valence-corrected chi connectivity index (χ3v) is 5.68. The molecule has 0 fully saturated rings. The highest BCUT2D eigenvalue weighted by Crippen LogP contribution is 2.31. The number of carbonyl (C=O) groups excluding carboxylic acids is 1. The van der Waals surface area contributed by atoms with Gasteiger partial charge < -0.3 is 4.90 Å². The summed E-state index contributed by atoms with van der Waals surface area (Å²) in [6, 6.07) is 10.2. The van der Waals surface area contributed by atoms with E-state index in [2.05, 4.69) is 18.0 Å². The molecule has 3 nitrogen and oxygen atoms in total. The maximum atomic E-state index is 12.9. The molecular weight excluding hydrogens is 324 g/mol. The molecule has 0 unspecified atom stereocenters. The van der Waals surface area contributed by atoms with Gasteiger partial charge in [-0.25, -0.2) is 4.98 Å². The maximum absolute atomic E-state index is 12.9. The van der Waals surface area contributed by atoms with Gasteiger partial charge in [0.05, 0.1) is 11.1 Å². The summed E-state index contributed by atoms with van der Waals surface area (Å²) in [5.74, 6) is 0.0137. The lowest BCUT2D eigenvalue weighted by molar-refractivity contribution is 0.0992. The van der Waals surface area contributed by atoms with Gasteiger partial charge in [0.15, 0.2) is 0 Å². The maximum Gasteiger partial charge on any atom is 0.269 e. The largest absolute Gasteiger partial charge is 0.308 e. The number of nitrogens with zero attached hydrogens (tertiary/aromatic N) is 2. The zero-order valence-corrected chi connectivity index (χ0v) is 15.0. The molecule has 2 aromatic heterocycles. The van der Waals surface area contributed by atoms with E-state index in [1.807, 2.05) is 48.4 Å². The minimum atomic E-state index is 0.0137. The van der Waals surface area contributed by atoms with Crippen molar-refractivity contribution >= 4 is 34.3 Å². The summed E-state index contributed by atoms with van der Waals surface area (Å²) in [5, 5.41) is 2.92. The summed E-state index contributed by atoms with van der Waals surface area (Å²) in [7, 11) is 0. The fourth-order valence-corrected chi connectivity index (χ4v) is 4.22. The molecule has 3 rings (SSSR count). The molecule has 0 saturated carbocycles. The number of hydrogen-bond donors (Lipinski definition) is 0. The lowest BCUT2D eigenvalue weighted by Gasteiger charge is -2.22. The van der Waals surface area contributed by atoms with Crippen molar-refractivity contribution in [2.45, 2.75) is 20.8 Å². The Morgan fingerprint density at radius 1 is 1.26 bits per heavy atom. The zero-order chi connectivity index (χ0) is 16.4. The molecule has 2 heterocycles. The standard InChI is InChI=1S/C18H18N2OS2/c1-4-20(14-8-7-12(2)10-13(14)3)18(21)16-11-19-17(23-16)15-6-5-9-22-15/h5-11H,4H2,1-3H3. The summed E-state index contributed by atoms with van der Waals surface area (Å²) in [4.78, 5) is 20.9. The Hall–Kier alpha value is -1.98. The minimum Gasteiger partial charge on any atom is -0.308 e. The van der Waals surface area contributed by atoms with Gasteiger partial charge in [0.2, 0.25) is 0 Å². The van der Waals surface area contributed by atoms with Gasteiger partial charge in [-0.3, -0.25) is 4.79 Å². The number of amides is 1. The predicted octanol–water partition coefficient (Wildman–Crippen LogP) is 5.16. The molecule has 0 bridgehead atoms. The average Bonchev–Trinajstić information content (AvgIpc) is 3.20. The van der Waals surface area contributed by atoms with Crippen molar-refractivity contribution in [3.63, 3.8) is 0 Å². The zero-order valence-electron chi connectivity index (χ0n) is 13.4. The van der Waals surface area contributed by atoms with Crippen molar-refractivity contribution < 1.29 is 4.79 Å². The topological polar surface area (TPSA) is 33.2 Å². The van der Waals surface area contributed by atoms with E-state index in [0.29, 0.717) is 11.4 Å². The van der Waals surface area contributed by atoms with Crippen molar-refractivity contribution in [1.82, 2.24) is 4.98 Å². The first kappa shape index (κ1) is 15.9. The summed E-state index contributed by atoms with van der Waals surface area (Å²) in [6.07, 6.45) is 1.69. The number of aryl methyl sites for hydroxylation is 2. The Bertz CT molecular complexity index is 821. The summed E-state index contributed by atoms with van der Waals surface area (Å²) >= 11 is 3.09. The molecule has 0 aliphatic heterocycles. The van der Waals surface area contributed by atoms with E-state index in [1.165, 1.54) is 16.9 Å². The van der Waals surface area contributed by atoms with Gasteiger partial charge in [0.1, 0.15) is 9.88 Å². The van der Waals surface area contributed by atoms with Crippen molar-refractivity contribution in [3.8, 4) is 9.88 Å². The Morgan fingerprint density at radius 2 is 2.09 bits per heavy atom. The highest BCUT2D eigenvalue weighted by atomic mass is 32.1. The molecule has 0 saturated heterocycles. The quantitative estimate of drug-likeness (QED) is 0.656. The van der Waals surface area contributed by atoms with Crippen LogP contribution in [-0.2, 0) is 0 Å². The molecule has 118 valence electrons. The van der Waals surface area contributed by atoms with Gasteiger partial charge in [0.25, 0.3) is 5.91 Å². The third-order valence-electron chi connectivity index (χ3n) is 3.65. The van der Waals surface area contributed by atoms with E-state index in [0.717, 1.165) is 21.1 Å². The van der Waals surface area contributed by atoms with Crippen LogP contribution >= 0.6 is 22.7 Å². The number of carbonyl (C=O) groups is 1. The average molecular weight is 342 g/mol. The monoisotopic (exact) mass is 342 g/mol. The second-order valence-corrected chi connectivity index (χ2v) is 7.32. The van der Waals surface area contributed by atoms with Crippen LogP contribution in [0.25, 0.3) is 9.88 Å². The molecule has 0 spiro atoms. The molecule has 5 heteroatoms. The van der Waals surface area contributed by atoms with Crippen LogP contribution in [0, 0.1) is 13.8 Å².